The number of rotatable bonds is 3. The van der Waals surface area contributed by atoms with E-state index in [0.717, 1.165) is 9.35 Å². The van der Waals surface area contributed by atoms with E-state index in [4.69, 9.17) is 10.5 Å². The van der Waals surface area contributed by atoms with Crippen molar-refractivity contribution in [3.8, 4) is 0 Å². The van der Waals surface area contributed by atoms with Crippen molar-refractivity contribution in [2.45, 2.75) is 32.4 Å². The van der Waals surface area contributed by atoms with Crippen LogP contribution in [0.25, 0.3) is 0 Å². The first-order chi connectivity index (χ1) is 7.83. The van der Waals surface area contributed by atoms with Gasteiger partial charge >= 0.3 is 6.09 Å². The van der Waals surface area contributed by atoms with Crippen molar-refractivity contribution >= 4 is 33.4 Å². The first-order valence-corrected chi connectivity index (χ1v) is 6.93. The van der Waals surface area contributed by atoms with Crippen LogP contribution in [0.2, 0.25) is 0 Å². The third-order valence-corrected chi connectivity index (χ3v) is 3.87. The molecular weight excluding hydrogens is 304 g/mol. The van der Waals surface area contributed by atoms with Gasteiger partial charge in [-0.05, 0) is 48.1 Å². The Balaban J connectivity index is 2.66. The zero-order valence-electron chi connectivity index (χ0n) is 10.1. The van der Waals surface area contributed by atoms with Gasteiger partial charge in [0.25, 0.3) is 0 Å². The maximum absolute atomic E-state index is 11.6. The van der Waals surface area contributed by atoms with Crippen molar-refractivity contribution in [1.29, 1.82) is 0 Å². The van der Waals surface area contributed by atoms with Gasteiger partial charge in [-0.1, -0.05) is 0 Å². The van der Waals surface area contributed by atoms with E-state index < -0.39 is 11.7 Å². The van der Waals surface area contributed by atoms with Gasteiger partial charge in [0.1, 0.15) is 5.60 Å². The molecule has 0 radical (unpaired) electrons. The van der Waals surface area contributed by atoms with E-state index in [1.807, 2.05) is 32.2 Å². The normalized spacial score (nSPS) is 13.2. The quantitative estimate of drug-likeness (QED) is 0.899. The Kier molecular flexibility index (Phi) is 4.97. The Bertz CT molecular complexity index is 387. The first-order valence-electron chi connectivity index (χ1n) is 5.26. The largest absolute Gasteiger partial charge is 0.444 e. The number of hydrogen-bond donors (Lipinski definition) is 2. The van der Waals surface area contributed by atoms with Gasteiger partial charge in [-0.15, -0.1) is 11.3 Å². The van der Waals surface area contributed by atoms with Crippen molar-refractivity contribution in [2.24, 2.45) is 5.73 Å². The van der Waals surface area contributed by atoms with Crippen LogP contribution in [0.3, 0.4) is 0 Å². The smallest absolute Gasteiger partial charge is 0.408 e. The minimum absolute atomic E-state index is 0.223. The van der Waals surface area contributed by atoms with Crippen LogP contribution in [0, 0.1) is 0 Å². The number of thiophene rings is 1. The topological polar surface area (TPSA) is 64.3 Å². The standard InChI is InChI=1S/C11H17BrN2O2S/c1-11(2,3)16-10(15)14-8(6-13)9-7(12)4-5-17-9/h4-5,8H,6,13H2,1-3H3,(H,14,15). The Morgan fingerprint density at radius 3 is 2.71 bits per heavy atom. The summed E-state index contributed by atoms with van der Waals surface area (Å²) in [6.07, 6.45) is -0.451. The molecule has 0 bridgehead atoms. The van der Waals surface area contributed by atoms with E-state index in [0.29, 0.717) is 6.54 Å². The van der Waals surface area contributed by atoms with Crippen LogP contribution in [-0.4, -0.2) is 18.2 Å². The number of hydrogen-bond acceptors (Lipinski definition) is 4. The Morgan fingerprint density at radius 1 is 1.65 bits per heavy atom. The molecule has 1 unspecified atom stereocenters. The number of carbonyl (C=O) groups excluding carboxylic acids is 1. The van der Waals surface area contributed by atoms with Crippen molar-refractivity contribution in [2.75, 3.05) is 6.54 Å². The highest BCUT2D eigenvalue weighted by atomic mass is 79.9. The van der Waals surface area contributed by atoms with Crippen LogP contribution >= 0.6 is 27.3 Å². The molecule has 0 aliphatic heterocycles. The molecule has 1 heterocycles. The van der Waals surface area contributed by atoms with Crippen LogP contribution in [0.15, 0.2) is 15.9 Å². The first kappa shape index (κ1) is 14.5. The molecule has 0 saturated heterocycles. The van der Waals surface area contributed by atoms with Gasteiger partial charge in [0.2, 0.25) is 0 Å². The zero-order chi connectivity index (χ0) is 13.1. The zero-order valence-corrected chi connectivity index (χ0v) is 12.5. The van der Waals surface area contributed by atoms with Crippen LogP contribution in [0.4, 0.5) is 4.79 Å². The highest BCUT2D eigenvalue weighted by Crippen LogP contribution is 2.28. The van der Waals surface area contributed by atoms with Crippen LogP contribution < -0.4 is 11.1 Å². The summed E-state index contributed by atoms with van der Waals surface area (Å²) >= 11 is 4.97. The fourth-order valence-corrected chi connectivity index (χ4v) is 2.95. The lowest BCUT2D eigenvalue weighted by Gasteiger charge is -2.22. The lowest BCUT2D eigenvalue weighted by Crippen LogP contribution is -2.37. The highest BCUT2D eigenvalue weighted by molar-refractivity contribution is 9.10. The van der Waals surface area contributed by atoms with E-state index in [9.17, 15) is 4.79 Å². The van der Waals surface area contributed by atoms with Gasteiger partial charge in [-0.2, -0.15) is 0 Å². The fraction of sp³-hybridized carbons (Fsp3) is 0.545. The summed E-state index contributed by atoms with van der Waals surface area (Å²) in [6.45, 7) is 5.81. The second-order valence-electron chi connectivity index (χ2n) is 4.57. The fourth-order valence-electron chi connectivity index (χ4n) is 1.24. The van der Waals surface area contributed by atoms with Gasteiger partial charge in [-0.3, -0.25) is 0 Å². The molecule has 4 nitrogen and oxygen atoms in total. The maximum atomic E-state index is 11.6. The van der Waals surface area contributed by atoms with E-state index in [1.54, 1.807) is 11.3 Å². The van der Waals surface area contributed by atoms with Crippen molar-refractivity contribution in [1.82, 2.24) is 5.32 Å². The van der Waals surface area contributed by atoms with Gasteiger partial charge in [0.05, 0.1) is 6.04 Å². The molecule has 1 amide bonds. The van der Waals surface area contributed by atoms with E-state index >= 15 is 0 Å². The van der Waals surface area contributed by atoms with Crippen LogP contribution in [0.5, 0.6) is 0 Å². The van der Waals surface area contributed by atoms with E-state index in [1.165, 1.54) is 0 Å². The number of ether oxygens (including phenoxy) is 1. The lowest BCUT2D eigenvalue weighted by molar-refractivity contribution is 0.0506. The van der Waals surface area contributed by atoms with Gasteiger partial charge in [0.15, 0.2) is 0 Å². The molecule has 0 aromatic carbocycles. The molecule has 0 saturated carbocycles. The molecule has 6 heteroatoms. The number of halogens is 1. The number of nitrogens with two attached hydrogens (primary N) is 1. The van der Waals surface area contributed by atoms with Crippen molar-refractivity contribution in [3.05, 3.63) is 20.8 Å². The summed E-state index contributed by atoms with van der Waals surface area (Å²) < 4.78 is 6.14. The summed E-state index contributed by atoms with van der Waals surface area (Å²) in [5.74, 6) is 0. The van der Waals surface area contributed by atoms with E-state index in [-0.39, 0.29) is 6.04 Å². The second kappa shape index (κ2) is 5.84. The molecule has 0 fully saturated rings. The molecule has 17 heavy (non-hydrogen) atoms. The predicted molar refractivity (Wildman–Crippen MR) is 73.2 cm³/mol. The highest BCUT2D eigenvalue weighted by Gasteiger charge is 2.21. The Hall–Kier alpha value is -0.590. The molecule has 0 spiro atoms. The number of amides is 1. The average molecular weight is 321 g/mol. The summed E-state index contributed by atoms with van der Waals surface area (Å²) in [5, 5.41) is 4.70. The molecule has 0 aliphatic rings. The summed E-state index contributed by atoms with van der Waals surface area (Å²) in [4.78, 5) is 12.6. The monoisotopic (exact) mass is 320 g/mol. The Morgan fingerprint density at radius 2 is 2.29 bits per heavy atom. The molecule has 1 rings (SSSR count). The number of carbonyl (C=O) groups is 1. The third kappa shape index (κ3) is 4.65. The average Bonchev–Trinajstić information content (AvgIpc) is 2.58. The summed E-state index contributed by atoms with van der Waals surface area (Å²) in [7, 11) is 0. The molecule has 0 aliphatic carbocycles. The van der Waals surface area contributed by atoms with Crippen LogP contribution in [0.1, 0.15) is 31.7 Å². The molecular formula is C11H17BrN2O2S. The molecule has 96 valence electrons. The minimum Gasteiger partial charge on any atom is -0.444 e. The van der Waals surface area contributed by atoms with Gasteiger partial charge < -0.3 is 15.8 Å². The molecule has 1 aromatic heterocycles. The second-order valence-corrected chi connectivity index (χ2v) is 6.37. The number of nitrogens with one attached hydrogen (secondary N) is 1. The van der Waals surface area contributed by atoms with Gasteiger partial charge in [0, 0.05) is 15.9 Å². The van der Waals surface area contributed by atoms with E-state index in [2.05, 4.69) is 21.2 Å². The van der Waals surface area contributed by atoms with Gasteiger partial charge in [-0.25, -0.2) is 4.79 Å². The van der Waals surface area contributed by atoms with Crippen LogP contribution in [-0.2, 0) is 4.74 Å². The lowest BCUT2D eigenvalue weighted by atomic mass is 10.2. The molecule has 1 aromatic rings. The minimum atomic E-state index is -0.504. The summed E-state index contributed by atoms with van der Waals surface area (Å²) in [5.41, 5.74) is 5.16. The maximum Gasteiger partial charge on any atom is 0.408 e. The predicted octanol–water partition coefficient (Wildman–Crippen LogP) is 3.04. The third-order valence-electron chi connectivity index (χ3n) is 1.89. The molecule has 3 N–H and O–H groups in total. The van der Waals surface area contributed by atoms with Crippen molar-refractivity contribution < 1.29 is 9.53 Å². The summed E-state index contributed by atoms with van der Waals surface area (Å²) in [6, 6.07) is 1.71. The number of alkyl carbamates (subject to hydrolysis) is 1. The Labute approximate surface area is 114 Å². The van der Waals surface area contributed by atoms with Crippen molar-refractivity contribution in [3.63, 3.8) is 0 Å². The SMILES string of the molecule is CC(C)(C)OC(=O)NC(CN)c1sccc1Br. The molecule has 1 atom stereocenters.